The summed E-state index contributed by atoms with van der Waals surface area (Å²) in [5, 5.41) is 0. The van der Waals surface area contributed by atoms with Crippen LogP contribution < -0.4 is 0 Å². The summed E-state index contributed by atoms with van der Waals surface area (Å²) in [6, 6.07) is 0. The van der Waals surface area contributed by atoms with E-state index in [0.717, 1.165) is 6.92 Å². The number of hydrogen-bond acceptors (Lipinski definition) is 1. The summed E-state index contributed by atoms with van der Waals surface area (Å²) in [4.78, 5) is 3.85. The van der Waals surface area contributed by atoms with E-state index in [1.165, 1.54) is 10.8 Å². The molecule has 0 bridgehead atoms. The molecule has 0 aromatic carbocycles. The molecule has 0 saturated heterocycles. The third-order valence-corrected chi connectivity index (χ3v) is 2.10. The van der Waals surface area contributed by atoms with Gasteiger partial charge >= 0.3 is 0 Å². The van der Waals surface area contributed by atoms with Crippen molar-refractivity contribution in [3.8, 4) is 0 Å². The fourth-order valence-corrected chi connectivity index (χ4v) is 1.37. The second-order valence-corrected chi connectivity index (χ2v) is 3.91. The average Bonchev–Trinajstić information content (AvgIpc) is 2.48. The summed E-state index contributed by atoms with van der Waals surface area (Å²) in [6.45, 7) is 3.98. The molecule has 0 fully saturated rings. The molecule has 15 heavy (non-hydrogen) atoms. The topological polar surface area (TPSA) is 17.8 Å². The first kappa shape index (κ1) is 12.1. The summed E-state index contributed by atoms with van der Waals surface area (Å²) >= 11 is 0. The zero-order valence-corrected chi connectivity index (χ0v) is 9.10. The van der Waals surface area contributed by atoms with Crippen LogP contribution in [0, 0.1) is 0 Å². The lowest BCUT2D eigenvalue weighted by Crippen LogP contribution is -2.07. The molecule has 0 aliphatic heterocycles. The fraction of sp³-hybridized carbons (Fsp3) is 0.700. The normalized spacial score (nSPS) is 12.5. The van der Waals surface area contributed by atoms with E-state index < -0.39 is 12.6 Å². The van der Waals surface area contributed by atoms with Crippen molar-refractivity contribution in [3.63, 3.8) is 0 Å². The van der Waals surface area contributed by atoms with Crippen molar-refractivity contribution in [2.75, 3.05) is 6.67 Å². The van der Waals surface area contributed by atoms with Gasteiger partial charge in [0.2, 0.25) is 0 Å². The Morgan fingerprint density at radius 1 is 1.47 bits per heavy atom. The number of aryl methyl sites for hydroxylation is 1. The van der Waals surface area contributed by atoms with E-state index in [2.05, 4.69) is 4.98 Å². The number of aromatic nitrogens is 2. The number of alkyl halides is 3. The summed E-state index contributed by atoms with van der Waals surface area (Å²) in [5.74, 6) is -2.46. The Morgan fingerprint density at radius 2 is 2.07 bits per heavy atom. The minimum Gasteiger partial charge on any atom is -0.332 e. The molecule has 1 aromatic heterocycles. The number of rotatable bonds is 4. The number of nitrogens with zero attached hydrogens (tertiary/aromatic N) is 2. The molecule has 0 aliphatic carbocycles. The summed E-state index contributed by atoms with van der Waals surface area (Å²) in [7, 11) is 0. The van der Waals surface area contributed by atoms with Crippen molar-refractivity contribution in [2.24, 2.45) is 0 Å². The molecule has 5 heteroatoms. The maximum atomic E-state index is 13.0. The van der Waals surface area contributed by atoms with Crippen molar-refractivity contribution in [1.82, 2.24) is 9.55 Å². The van der Waals surface area contributed by atoms with Gasteiger partial charge in [0.15, 0.2) is 0 Å². The molecule has 2 nitrogen and oxygen atoms in total. The molecule has 1 aromatic rings. The van der Waals surface area contributed by atoms with Crippen LogP contribution >= 0.6 is 0 Å². The zero-order valence-electron chi connectivity index (χ0n) is 9.10. The molecule has 0 N–H and O–H groups in total. The van der Waals surface area contributed by atoms with Crippen LogP contribution in [-0.4, -0.2) is 16.2 Å². The molecule has 0 unspecified atom stereocenters. The van der Waals surface area contributed by atoms with Gasteiger partial charge in [-0.3, -0.25) is 0 Å². The van der Waals surface area contributed by atoms with Crippen molar-refractivity contribution in [1.29, 1.82) is 0 Å². The first-order valence-corrected chi connectivity index (χ1v) is 4.87. The third kappa shape index (κ3) is 2.73. The van der Waals surface area contributed by atoms with Gasteiger partial charge in [-0.25, -0.2) is 9.37 Å². The monoisotopic (exact) mass is 220 g/mol. The largest absolute Gasteiger partial charge is 0.332 e. The fourth-order valence-electron chi connectivity index (χ4n) is 1.37. The van der Waals surface area contributed by atoms with E-state index in [0.29, 0.717) is 5.82 Å². The molecular formula is C10H15F3N2. The molecule has 0 aliphatic rings. The van der Waals surface area contributed by atoms with E-state index in [4.69, 9.17) is 0 Å². The lowest BCUT2D eigenvalue weighted by Gasteiger charge is -2.06. The highest BCUT2D eigenvalue weighted by molar-refractivity contribution is 5.11. The first-order valence-electron chi connectivity index (χ1n) is 4.87. The molecule has 86 valence electrons. The second-order valence-electron chi connectivity index (χ2n) is 3.91. The van der Waals surface area contributed by atoms with Gasteiger partial charge in [-0.1, -0.05) is 13.8 Å². The highest BCUT2D eigenvalue weighted by atomic mass is 19.3. The van der Waals surface area contributed by atoms with Gasteiger partial charge in [0.05, 0.1) is 6.54 Å². The molecule has 0 spiro atoms. The number of halogens is 3. The minimum atomic E-state index is -2.97. The summed E-state index contributed by atoms with van der Waals surface area (Å²) in [5.41, 5.74) is -0.292. The average molecular weight is 220 g/mol. The maximum absolute atomic E-state index is 13.0. The van der Waals surface area contributed by atoms with Crippen molar-refractivity contribution >= 4 is 0 Å². The molecule has 0 radical (unpaired) electrons. The van der Waals surface area contributed by atoms with E-state index in [-0.39, 0.29) is 18.2 Å². The Labute approximate surface area is 87.1 Å². The van der Waals surface area contributed by atoms with Crippen LogP contribution in [0.25, 0.3) is 0 Å². The van der Waals surface area contributed by atoms with Gasteiger partial charge < -0.3 is 4.57 Å². The van der Waals surface area contributed by atoms with Crippen LogP contribution in [0.2, 0.25) is 0 Å². The number of imidazole rings is 1. The van der Waals surface area contributed by atoms with Gasteiger partial charge in [-0.2, -0.15) is 8.78 Å². The Morgan fingerprint density at radius 3 is 2.47 bits per heavy atom. The molecule has 1 rings (SSSR count). The standard InChI is InChI=1S/C10H15F3N2/c1-7(2)9-14-8(10(3,12)13)6-15(9)5-4-11/h6-7H,4-5H2,1-3H3. The van der Waals surface area contributed by atoms with Crippen LogP contribution in [0.4, 0.5) is 13.2 Å². The SMILES string of the molecule is CC(C)c1nc(C(C)(F)F)cn1CCF. The van der Waals surface area contributed by atoms with Crippen LogP contribution in [0.3, 0.4) is 0 Å². The maximum Gasteiger partial charge on any atom is 0.288 e. The minimum absolute atomic E-state index is 0.00708. The highest BCUT2D eigenvalue weighted by Gasteiger charge is 2.29. The molecular weight excluding hydrogens is 205 g/mol. The van der Waals surface area contributed by atoms with E-state index >= 15 is 0 Å². The van der Waals surface area contributed by atoms with Crippen molar-refractivity contribution in [3.05, 3.63) is 17.7 Å². The molecule has 0 amide bonds. The first-order chi connectivity index (χ1) is 6.86. The quantitative estimate of drug-likeness (QED) is 0.762. The van der Waals surface area contributed by atoms with E-state index in [1.54, 1.807) is 0 Å². The summed E-state index contributed by atoms with van der Waals surface area (Å²) < 4.78 is 39.6. The number of hydrogen-bond donors (Lipinski definition) is 0. The predicted molar refractivity (Wildman–Crippen MR) is 51.9 cm³/mol. The lowest BCUT2D eigenvalue weighted by atomic mass is 10.2. The molecule has 0 saturated carbocycles. The van der Waals surface area contributed by atoms with Crippen LogP contribution in [0.5, 0.6) is 0 Å². The molecule has 1 heterocycles. The van der Waals surface area contributed by atoms with Gasteiger partial charge in [0.1, 0.15) is 18.2 Å². The Balaban J connectivity index is 3.09. The van der Waals surface area contributed by atoms with E-state index in [9.17, 15) is 13.2 Å². The van der Waals surface area contributed by atoms with Crippen LogP contribution in [0.15, 0.2) is 6.20 Å². The molecule has 0 atom stereocenters. The van der Waals surface area contributed by atoms with Crippen molar-refractivity contribution < 1.29 is 13.2 Å². The van der Waals surface area contributed by atoms with Crippen LogP contribution in [0.1, 0.15) is 38.2 Å². The lowest BCUT2D eigenvalue weighted by molar-refractivity contribution is 0.0129. The van der Waals surface area contributed by atoms with Gasteiger partial charge in [-0.15, -0.1) is 0 Å². The Bertz CT molecular complexity index is 326. The van der Waals surface area contributed by atoms with Gasteiger partial charge in [0.25, 0.3) is 5.92 Å². The van der Waals surface area contributed by atoms with Crippen molar-refractivity contribution in [2.45, 2.75) is 39.2 Å². The second kappa shape index (κ2) is 4.24. The Kier molecular flexibility index (Phi) is 3.42. The van der Waals surface area contributed by atoms with Crippen LogP contribution in [-0.2, 0) is 12.5 Å². The van der Waals surface area contributed by atoms with E-state index in [1.807, 2.05) is 13.8 Å². The third-order valence-electron chi connectivity index (χ3n) is 2.10. The van der Waals surface area contributed by atoms with Gasteiger partial charge in [-0.05, 0) is 0 Å². The highest BCUT2D eigenvalue weighted by Crippen LogP contribution is 2.27. The summed E-state index contributed by atoms with van der Waals surface area (Å²) in [6.07, 6.45) is 1.23. The predicted octanol–water partition coefficient (Wildman–Crippen LogP) is 3.09. The zero-order chi connectivity index (χ0) is 11.6. The van der Waals surface area contributed by atoms with Gasteiger partial charge in [0, 0.05) is 19.0 Å². The smallest absolute Gasteiger partial charge is 0.288 e. The Hall–Kier alpha value is -1.00.